The Morgan fingerprint density at radius 3 is 2.26 bits per heavy atom. The molecule has 46 heavy (non-hydrogen) atoms. The van der Waals surface area contributed by atoms with Crippen molar-refractivity contribution in [2.45, 2.75) is 26.5 Å². The summed E-state index contributed by atoms with van der Waals surface area (Å²) in [6.07, 6.45) is 1.68. The summed E-state index contributed by atoms with van der Waals surface area (Å²) in [5.74, 6) is 0.971. The molecule has 0 unspecified atom stereocenters. The molecule has 0 saturated carbocycles. The molecule has 2 heterocycles. The molecular formula is C33H29Cl3N2O7S. The molecule has 3 aromatic carbocycles. The van der Waals surface area contributed by atoms with Crippen LogP contribution < -0.4 is 33.8 Å². The Morgan fingerprint density at radius 1 is 0.957 bits per heavy atom. The van der Waals surface area contributed by atoms with Gasteiger partial charge in [0.1, 0.15) is 12.4 Å². The average molecular weight is 704 g/mol. The maximum atomic E-state index is 14.2. The van der Waals surface area contributed by atoms with Gasteiger partial charge in [-0.05, 0) is 68.0 Å². The third-order valence-electron chi connectivity index (χ3n) is 7.18. The molecule has 9 nitrogen and oxygen atoms in total. The number of allylic oxidation sites excluding steroid dienone is 1. The van der Waals surface area contributed by atoms with Gasteiger partial charge in [0.25, 0.3) is 5.56 Å². The van der Waals surface area contributed by atoms with Gasteiger partial charge in [-0.25, -0.2) is 9.79 Å². The molecule has 1 aliphatic rings. The second-order valence-electron chi connectivity index (χ2n) is 9.97. The maximum absolute atomic E-state index is 14.2. The molecule has 0 saturated heterocycles. The van der Waals surface area contributed by atoms with Gasteiger partial charge >= 0.3 is 5.97 Å². The number of aromatic nitrogens is 1. The van der Waals surface area contributed by atoms with Crippen LogP contribution >= 0.6 is 46.1 Å². The number of ether oxygens (including phenoxy) is 5. The number of nitrogens with zero attached hydrogens (tertiary/aromatic N) is 2. The van der Waals surface area contributed by atoms with Crippen molar-refractivity contribution in [2.75, 3.05) is 27.9 Å². The number of rotatable bonds is 10. The minimum absolute atomic E-state index is 0.140. The number of methoxy groups -OCH3 is 3. The summed E-state index contributed by atoms with van der Waals surface area (Å²) in [6, 6.07) is 12.8. The molecule has 0 bridgehead atoms. The highest BCUT2D eigenvalue weighted by atomic mass is 35.5. The lowest BCUT2D eigenvalue weighted by Gasteiger charge is -2.26. The standard InChI is InChI=1S/C33H29Cl3N2O7S/c1-6-44-32(40)28-17(2)37-33-38(29(28)20-12-25(41-3)30(43-5)26(13-20)42-4)31(39)27(46-33)14-19-11-21(34)9-10-24(19)45-16-18-7-8-22(35)15-23(18)36/h7-15,29H,6,16H2,1-5H3/b27-14-/t29-/m1/s1. The van der Waals surface area contributed by atoms with E-state index in [-0.39, 0.29) is 24.3 Å². The molecule has 4 aromatic rings. The third kappa shape index (κ3) is 6.62. The monoisotopic (exact) mass is 702 g/mol. The van der Waals surface area contributed by atoms with Crippen molar-refractivity contribution in [3.63, 3.8) is 0 Å². The van der Waals surface area contributed by atoms with Crippen LogP contribution in [0.25, 0.3) is 6.08 Å². The third-order valence-corrected chi connectivity index (χ3v) is 8.98. The molecule has 0 fully saturated rings. The maximum Gasteiger partial charge on any atom is 0.338 e. The van der Waals surface area contributed by atoms with Crippen LogP contribution in [0.4, 0.5) is 0 Å². The van der Waals surface area contributed by atoms with Crippen molar-refractivity contribution < 1.29 is 28.5 Å². The molecule has 0 spiro atoms. The predicted molar refractivity (Wildman–Crippen MR) is 179 cm³/mol. The lowest BCUT2D eigenvalue weighted by atomic mass is 9.95. The van der Waals surface area contributed by atoms with Gasteiger partial charge in [-0.1, -0.05) is 52.2 Å². The van der Waals surface area contributed by atoms with Gasteiger partial charge in [-0.2, -0.15) is 0 Å². The quantitative estimate of drug-likeness (QED) is 0.177. The van der Waals surface area contributed by atoms with Crippen LogP contribution in [0.1, 0.15) is 36.6 Å². The van der Waals surface area contributed by atoms with Crippen molar-refractivity contribution in [2.24, 2.45) is 4.99 Å². The van der Waals surface area contributed by atoms with E-state index in [4.69, 9.17) is 58.5 Å². The highest BCUT2D eigenvalue weighted by Gasteiger charge is 2.34. The zero-order chi connectivity index (χ0) is 33.1. The van der Waals surface area contributed by atoms with E-state index in [1.54, 1.807) is 68.5 Å². The Hall–Kier alpha value is -3.96. The first-order valence-electron chi connectivity index (χ1n) is 14.0. The summed E-state index contributed by atoms with van der Waals surface area (Å²) in [5.41, 5.74) is 2.07. The van der Waals surface area contributed by atoms with E-state index in [9.17, 15) is 9.59 Å². The lowest BCUT2D eigenvalue weighted by Crippen LogP contribution is -2.40. The number of hydrogen-bond acceptors (Lipinski definition) is 9. The molecule has 13 heteroatoms. The second kappa shape index (κ2) is 14.2. The highest BCUT2D eigenvalue weighted by Crippen LogP contribution is 2.42. The molecule has 1 aromatic heterocycles. The summed E-state index contributed by atoms with van der Waals surface area (Å²) < 4.78 is 30.0. The average Bonchev–Trinajstić information content (AvgIpc) is 3.33. The first-order valence-corrected chi connectivity index (χ1v) is 15.9. The van der Waals surface area contributed by atoms with Gasteiger partial charge < -0.3 is 23.7 Å². The summed E-state index contributed by atoms with van der Waals surface area (Å²) in [7, 11) is 4.48. The van der Waals surface area contributed by atoms with Crippen molar-refractivity contribution in [3.8, 4) is 23.0 Å². The molecule has 0 amide bonds. The number of esters is 1. The zero-order valence-corrected chi connectivity index (χ0v) is 28.6. The molecule has 240 valence electrons. The SMILES string of the molecule is CCOC(=O)C1=C(C)N=c2s/c(=C\c3cc(Cl)ccc3OCc3ccc(Cl)cc3Cl)c(=O)n2[C@@H]1c1cc(OC)c(OC)c(OC)c1. The number of carbonyl (C=O) groups is 1. The minimum atomic E-state index is -0.909. The number of benzene rings is 3. The number of thiazole rings is 1. The Kier molecular flexibility index (Phi) is 10.3. The van der Waals surface area contributed by atoms with E-state index in [1.807, 2.05) is 0 Å². The van der Waals surface area contributed by atoms with Crippen molar-refractivity contribution in [3.05, 3.63) is 111 Å². The fourth-order valence-corrected chi connectivity index (χ4v) is 6.75. The van der Waals surface area contributed by atoms with Gasteiger partial charge in [0, 0.05) is 26.2 Å². The Balaban J connectivity index is 1.67. The van der Waals surface area contributed by atoms with E-state index >= 15 is 0 Å². The van der Waals surface area contributed by atoms with Gasteiger partial charge in [0.2, 0.25) is 5.75 Å². The molecule has 1 aliphatic heterocycles. The highest BCUT2D eigenvalue weighted by molar-refractivity contribution is 7.07. The minimum Gasteiger partial charge on any atom is -0.493 e. The largest absolute Gasteiger partial charge is 0.493 e. The molecule has 1 atom stereocenters. The van der Waals surface area contributed by atoms with Crippen molar-refractivity contribution in [1.29, 1.82) is 0 Å². The smallest absolute Gasteiger partial charge is 0.338 e. The number of carbonyl (C=O) groups excluding carboxylic acids is 1. The fraction of sp³-hybridized carbons (Fsp3) is 0.242. The second-order valence-corrected chi connectivity index (χ2v) is 12.3. The van der Waals surface area contributed by atoms with E-state index < -0.39 is 12.0 Å². The van der Waals surface area contributed by atoms with Gasteiger partial charge in [0.15, 0.2) is 16.3 Å². The van der Waals surface area contributed by atoms with Gasteiger partial charge in [0.05, 0.1) is 49.8 Å². The zero-order valence-electron chi connectivity index (χ0n) is 25.5. The van der Waals surface area contributed by atoms with Crippen LogP contribution in [0.2, 0.25) is 15.1 Å². The number of fused-ring (bicyclic) bond motifs is 1. The first kappa shape index (κ1) is 33.4. The van der Waals surface area contributed by atoms with E-state index in [0.29, 0.717) is 64.2 Å². The van der Waals surface area contributed by atoms with Crippen LogP contribution in [0, 0.1) is 0 Å². The fourth-order valence-electron chi connectivity index (χ4n) is 5.07. The van der Waals surface area contributed by atoms with Crippen LogP contribution in [0.3, 0.4) is 0 Å². The topological polar surface area (TPSA) is 97.6 Å². The first-order chi connectivity index (χ1) is 22.1. The van der Waals surface area contributed by atoms with E-state index in [2.05, 4.69) is 4.99 Å². The molecular weight excluding hydrogens is 675 g/mol. The van der Waals surface area contributed by atoms with E-state index in [0.717, 1.165) is 5.56 Å². The molecule has 0 N–H and O–H groups in total. The Bertz CT molecular complexity index is 2010. The molecule has 0 radical (unpaired) electrons. The summed E-state index contributed by atoms with van der Waals surface area (Å²) >= 11 is 19.9. The van der Waals surface area contributed by atoms with Gasteiger partial charge in [-0.3, -0.25) is 9.36 Å². The summed E-state index contributed by atoms with van der Waals surface area (Å²) in [4.78, 5) is 32.6. The summed E-state index contributed by atoms with van der Waals surface area (Å²) in [5, 5.41) is 1.44. The molecule has 0 aliphatic carbocycles. The van der Waals surface area contributed by atoms with Crippen LogP contribution in [0.5, 0.6) is 23.0 Å². The van der Waals surface area contributed by atoms with Crippen LogP contribution in [-0.4, -0.2) is 38.5 Å². The Labute approximate surface area is 283 Å². The van der Waals surface area contributed by atoms with Crippen LogP contribution in [-0.2, 0) is 16.1 Å². The Morgan fingerprint density at radius 2 is 1.63 bits per heavy atom. The normalized spacial score (nSPS) is 14.4. The van der Waals surface area contributed by atoms with Crippen LogP contribution in [0.15, 0.2) is 69.6 Å². The lowest BCUT2D eigenvalue weighted by molar-refractivity contribution is -0.139. The van der Waals surface area contributed by atoms with Crippen molar-refractivity contribution >= 4 is 58.2 Å². The number of halogens is 3. The molecule has 5 rings (SSSR count). The van der Waals surface area contributed by atoms with Crippen molar-refractivity contribution in [1.82, 2.24) is 4.57 Å². The number of hydrogen-bond donors (Lipinski definition) is 0. The summed E-state index contributed by atoms with van der Waals surface area (Å²) in [6.45, 7) is 3.71. The van der Waals surface area contributed by atoms with E-state index in [1.165, 1.54) is 37.2 Å². The van der Waals surface area contributed by atoms with Gasteiger partial charge in [-0.15, -0.1) is 0 Å². The predicted octanol–water partition coefficient (Wildman–Crippen LogP) is 6.36.